The van der Waals surface area contributed by atoms with Gasteiger partial charge >= 0.3 is 0 Å². The number of benzene rings is 2. The van der Waals surface area contributed by atoms with E-state index >= 15 is 0 Å². The van der Waals surface area contributed by atoms with E-state index in [1.165, 1.54) is 36.7 Å². The van der Waals surface area contributed by atoms with Gasteiger partial charge in [0.1, 0.15) is 11.5 Å². The van der Waals surface area contributed by atoms with Crippen molar-refractivity contribution in [3.63, 3.8) is 0 Å². The van der Waals surface area contributed by atoms with Gasteiger partial charge < -0.3 is 14.8 Å². The summed E-state index contributed by atoms with van der Waals surface area (Å²) in [6, 6.07) is 14.7. The maximum absolute atomic E-state index is 12.4. The summed E-state index contributed by atoms with van der Waals surface area (Å²) in [5, 5.41) is 2.74. The molecule has 3 rings (SSSR count). The fourth-order valence-electron chi connectivity index (χ4n) is 2.69. The van der Waals surface area contributed by atoms with Crippen LogP contribution in [0.15, 0.2) is 71.9 Å². The third kappa shape index (κ3) is 6.95. The highest BCUT2D eigenvalue weighted by atomic mass is 32.2. The van der Waals surface area contributed by atoms with E-state index in [4.69, 9.17) is 9.47 Å². The second-order valence-corrected chi connectivity index (χ2v) is 8.29. The van der Waals surface area contributed by atoms with E-state index in [2.05, 4.69) is 20.0 Å². The number of sulfonamides is 1. The highest BCUT2D eigenvalue weighted by Crippen LogP contribution is 2.18. The van der Waals surface area contributed by atoms with Crippen LogP contribution < -0.4 is 19.5 Å². The van der Waals surface area contributed by atoms with E-state index < -0.39 is 10.0 Å². The number of aromatic nitrogens is 2. The topological polar surface area (TPSA) is 120 Å². The van der Waals surface area contributed by atoms with Crippen LogP contribution in [0.5, 0.6) is 11.5 Å². The van der Waals surface area contributed by atoms with Crippen LogP contribution in [0.1, 0.15) is 19.8 Å². The van der Waals surface area contributed by atoms with Crippen molar-refractivity contribution in [2.45, 2.75) is 24.7 Å². The molecule has 1 amide bonds. The van der Waals surface area contributed by atoms with Crippen molar-refractivity contribution in [1.82, 2.24) is 9.97 Å². The molecule has 0 saturated heterocycles. The quantitative estimate of drug-likeness (QED) is 0.424. The summed E-state index contributed by atoms with van der Waals surface area (Å²) in [4.78, 5) is 19.8. The SMILES string of the molecule is CCOc1ccc(OCCCC(=O)Nc2ccc(S(=O)(=O)Nc3ncccn3)cc2)cc1. The van der Waals surface area contributed by atoms with E-state index in [9.17, 15) is 13.2 Å². The molecular weight excluding hydrogens is 432 g/mol. The molecule has 9 nitrogen and oxygen atoms in total. The number of carbonyl (C=O) groups excluding carboxylic acids is 1. The number of hydrogen-bond acceptors (Lipinski definition) is 7. The standard InChI is InChI=1S/C22H24N4O5S/c1-2-30-18-8-10-19(11-9-18)31-16-3-5-21(27)25-17-6-12-20(13-7-17)32(28,29)26-22-23-14-4-15-24-22/h4,6-15H,2-3,5,16H2,1H3,(H,25,27)(H,23,24,26). The molecule has 3 aromatic rings. The lowest BCUT2D eigenvalue weighted by Gasteiger charge is -2.09. The minimum absolute atomic E-state index is 0.0164. The molecule has 0 unspecified atom stereocenters. The van der Waals surface area contributed by atoms with Crippen molar-refractivity contribution in [1.29, 1.82) is 0 Å². The summed E-state index contributed by atoms with van der Waals surface area (Å²) in [7, 11) is -3.82. The van der Waals surface area contributed by atoms with Gasteiger partial charge in [0.15, 0.2) is 0 Å². The van der Waals surface area contributed by atoms with Crippen molar-refractivity contribution in [2.75, 3.05) is 23.3 Å². The molecule has 2 aromatic carbocycles. The Kier molecular flexibility index (Phi) is 7.98. The molecule has 0 aliphatic rings. The molecule has 0 saturated carbocycles. The second kappa shape index (κ2) is 11.1. The van der Waals surface area contributed by atoms with Gasteiger partial charge in [-0.3, -0.25) is 4.79 Å². The van der Waals surface area contributed by atoms with Crippen LogP contribution >= 0.6 is 0 Å². The third-order valence-corrected chi connectivity index (χ3v) is 5.54. The first-order valence-corrected chi connectivity index (χ1v) is 11.5. The highest BCUT2D eigenvalue weighted by molar-refractivity contribution is 7.92. The number of hydrogen-bond donors (Lipinski definition) is 2. The van der Waals surface area contributed by atoms with E-state index in [1.807, 2.05) is 31.2 Å². The van der Waals surface area contributed by atoms with Crippen LogP contribution in [-0.2, 0) is 14.8 Å². The Morgan fingerprint density at radius 3 is 2.19 bits per heavy atom. The van der Waals surface area contributed by atoms with Crippen LogP contribution in [0.3, 0.4) is 0 Å². The van der Waals surface area contributed by atoms with Crippen molar-refractivity contribution in [3.8, 4) is 11.5 Å². The zero-order chi connectivity index (χ0) is 22.8. The third-order valence-electron chi connectivity index (χ3n) is 4.19. The number of rotatable bonds is 11. The van der Waals surface area contributed by atoms with Gasteiger partial charge in [0.05, 0.1) is 18.1 Å². The molecule has 10 heteroatoms. The Labute approximate surface area is 186 Å². The molecule has 1 aromatic heterocycles. The van der Waals surface area contributed by atoms with Crippen LogP contribution in [0.2, 0.25) is 0 Å². The lowest BCUT2D eigenvalue weighted by atomic mass is 10.2. The average molecular weight is 457 g/mol. The van der Waals surface area contributed by atoms with Gasteiger partial charge in [-0.1, -0.05) is 0 Å². The number of anilines is 2. The predicted octanol–water partition coefficient (Wildman–Crippen LogP) is 3.47. The largest absolute Gasteiger partial charge is 0.494 e. The van der Waals surface area contributed by atoms with Crippen molar-refractivity contribution in [2.24, 2.45) is 0 Å². The fraction of sp³-hybridized carbons (Fsp3) is 0.227. The van der Waals surface area contributed by atoms with Gasteiger partial charge in [0.25, 0.3) is 10.0 Å². The summed E-state index contributed by atoms with van der Waals surface area (Å²) < 4.78 is 38.0. The molecule has 0 spiro atoms. The molecule has 0 bridgehead atoms. The average Bonchev–Trinajstić information content (AvgIpc) is 2.79. The fourth-order valence-corrected chi connectivity index (χ4v) is 3.65. The van der Waals surface area contributed by atoms with Gasteiger partial charge in [-0.15, -0.1) is 0 Å². The maximum atomic E-state index is 12.4. The Morgan fingerprint density at radius 1 is 0.938 bits per heavy atom. The molecule has 0 fully saturated rings. The van der Waals surface area contributed by atoms with Gasteiger partial charge in [0, 0.05) is 24.5 Å². The molecule has 0 atom stereocenters. The van der Waals surface area contributed by atoms with E-state index in [-0.39, 0.29) is 23.2 Å². The molecule has 32 heavy (non-hydrogen) atoms. The lowest BCUT2D eigenvalue weighted by Crippen LogP contribution is -2.15. The van der Waals surface area contributed by atoms with Crippen LogP contribution in [0.4, 0.5) is 11.6 Å². The second-order valence-electron chi connectivity index (χ2n) is 6.61. The summed E-state index contributed by atoms with van der Waals surface area (Å²) in [5.74, 6) is 1.28. The van der Waals surface area contributed by atoms with Gasteiger partial charge in [0.2, 0.25) is 11.9 Å². The Balaban J connectivity index is 1.43. The minimum Gasteiger partial charge on any atom is -0.494 e. The Bertz CT molecular complexity index is 1110. The molecule has 0 aliphatic carbocycles. The van der Waals surface area contributed by atoms with E-state index in [0.29, 0.717) is 31.1 Å². The highest BCUT2D eigenvalue weighted by Gasteiger charge is 2.15. The molecule has 2 N–H and O–H groups in total. The monoisotopic (exact) mass is 456 g/mol. The van der Waals surface area contributed by atoms with Gasteiger partial charge in [-0.25, -0.2) is 23.1 Å². The molecule has 0 aliphatic heterocycles. The molecule has 0 radical (unpaired) electrons. The van der Waals surface area contributed by atoms with Gasteiger partial charge in [-0.2, -0.15) is 0 Å². The van der Waals surface area contributed by atoms with Crippen LogP contribution in [0.25, 0.3) is 0 Å². The van der Waals surface area contributed by atoms with Crippen LogP contribution in [0, 0.1) is 0 Å². The van der Waals surface area contributed by atoms with Crippen LogP contribution in [-0.4, -0.2) is 37.5 Å². The summed E-state index contributed by atoms with van der Waals surface area (Å²) in [5.41, 5.74) is 0.498. The molecular formula is C22H24N4O5S. The zero-order valence-corrected chi connectivity index (χ0v) is 18.3. The van der Waals surface area contributed by atoms with Gasteiger partial charge in [-0.05, 0) is 67.9 Å². The smallest absolute Gasteiger partial charge is 0.264 e. The summed E-state index contributed by atoms with van der Waals surface area (Å²) in [6.45, 7) is 2.92. The number of ether oxygens (including phenoxy) is 2. The Morgan fingerprint density at radius 2 is 1.56 bits per heavy atom. The van der Waals surface area contributed by atoms with E-state index in [1.54, 1.807) is 6.07 Å². The first-order chi connectivity index (χ1) is 15.5. The first-order valence-electron chi connectivity index (χ1n) is 10.0. The van der Waals surface area contributed by atoms with E-state index in [0.717, 1.165) is 5.75 Å². The van der Waals surface area contributed by atoms with Crippen molar-refractivity contribution in [3.05, 3.63) is 67.0 Å². The molecule has 168 valence electrons. The normalized spacial score (nSPS) is 10.9. The lowest BCUT2D eigenvalue weighted by molar-refractivity contribution is -0.116. The number of nitrogens with one attached hydrogen (secondary N) is 2. The zero-order valence-electron chi connectivity index (χ0n) is 17.5. The number of amides is 1. The first kappa shape index (κ1) is 23.0. The number of carbonyl (C=O) groups is 1. The van der Waals surface area contributed by atoms with Crippen molar-refractivity contribution < 1.29 is 22.7 Å². The Hall–Kier alpha value is -3.66. The minimum atomic E-state index is -3.82. The predicted molar refractivity (Wildman–Crippen MR) is 120 cm³/mol. The maximum Gasteiger partial charge on any atom is 0.264 e. The summed E-state index contributed by atoms with van der Waals surface area (Å²) in [6.07, 6.45) is 3.68. The summed E-state index contributed by atoms with van der Waals surface area (Å²) >= 11 is 0. The van der Waals surface area contributed by atoms with Crippen molar-refractivity contribution >= 4 is 27.6 Å². The molecule has 1 heterocycles. The number of nitrogens with zero attached hydrogens (tertiary/aromatic N) is 2.